The van der Waals surface area contributed by atoms with E-state index in [0.717, 1.165) is 29.0 Å². The van der Waals surface area contributed by atoms with Gasteiger partial charge in [0.1, 0.15) is 21.4 Å². The van der Waals surface area contributed by atoms with Crippen LogP contribution in [-0.4, -0.2) is 39.7 Å². The maximum atomic E-state index is 12.9. The fourth-order valence-corrected chi connectivity index (χ4v) is 3.38. The molecule has 0 bridgehead atoms. The predicted molar refractivity (Wildman–Crippen MR) is 89.5 cm³/mol. The van der Waals surface area contributed by atoms with Crippen molar-refractivity contribution in [2.24, 2.45) is 0 Å². The van der Waals surface area contributed by atoms with Gasteiger partial charge < -0.3 is 5.11 Å². The molecule has 8 heteroatoms. The van der Waals surface area contributed by atoms with Gasteiger partial charge in [0.05, 0.1) is 5.69 Å². The minimum atomic E-state index is -0.960. The van der Waals surface area contributed by atoms with Gasteiger partial charge >= 0.3 is 5.97 Å². The molecular formula is C16H17FN4O2S. The molecule has 0 saturated heterocycles. The van der Waals surface area contributed by atoms with E-state index >= 15 is 0 Å². The van der Waals surface area contributed by atoms with E-state index in [2.05, 4.69) is 10.5 Å². The quantitative estimate of drug-likeness (QED) is 0.865. The highest BCUT2D eigenvalue weighted by atomic mass is 32.1. The first-order chi connectivity index (χ1) is 11.4. The number of carbonyl (C=O) groups is 1. The number of nitrogens with zero attached hydrogens (tertiary/aromatic N) is 3. The average Bonchev–Trinajstić information content (AvgIpc) is 3.09. The maximum absolute atomic E-state index is 12.9. The Balaban J connectivity index is 1.71. The molecule has 1 aromatic heterocycles. The summed E-state index contributed by atoms with van der Waals surface area (Å²) < 4.78 is 12.9. The average molecular weight is 348 g/mol. The first-order valence-corrected chi connectivity index (χ1v) is 8.19. The Hall–Kier alpha value is -2.45. The van der Waals surface area contributed by atoms with Crippen LogP contribution in [0.3, 0.4) is 0 Å². The van der Waals surface area contributed by atoms with Crippen LogP contribution in [0.25, 0.3) is 5.70 Å². The van der Waals surface area contributed by atoms with E-state index in [1.165, 1.54) is 12.1 Å². The van der Waals surface area contributed by atoms with Gasteiger partial charge in [0.15, 0.2) is 0 Å². The van der Waals surface area contributed by atoms with Crippen molar-refractivity contribution in [1.82, 2.24) is 20.5 Å². The molecule has 0 fully saturated rings. The van der Waals surface area contributed by atoms with Gasteiger partial charge in [-0.1, -0.05) is 12.1 Å². The molecule has 0 aliphatic carbocycles. The van der Waals surface area contributed by atoms with Crippen LogP contribution in [0.5, 0.6) is 0 Å². The second kappa shape index (κ2) is 6.58. The van der Waals surface area contributed by atoms with Gasteiger partial charge in [-0.25, -0.2) is 14.2 Å². The first kappa shape index (κ1) is 16.4. The Morgan fingerprint density at radius 3 is 2.71 bits per heavy atom. The van der Waals surface area contributed by atoms with E-state index in [-0.39, 0.29) is 10.7 Å². The normalized spacial score (nSPS) is 14.2. The van der Waals surface area contributed by atoms with E-state index in [1.807, 2.05) is 18.3 Å². The number of hydrazine groups is 2. The number of aromatic nitrogens is 1. The fraction of sp³-hybridized carbons (Fsp3) is 0.250. The van der Waals surface area contributed by atoms with Crippen molar-refractivity contribution < 1.29 is 14.3 Å². The molecule has 0 saturated carbocycles. The van der Waals surface area contributed by atoms with Gasteiger partial charge in [0.2, 0.25) is 0 Å². The second-order valence-corrected chi connectivity index (χ2v) is 6.48. The number of rotatable bonds is 5. The lowest BCUT2D eigenvalue weighted by Crippen LogP contribution is -2.38. The SMILES string of the molecule is Cc1nc(C2=CN(CCc3ccc(F)cc3)NN2C)sc1C(=O)O. The van der Waals surface area contributed by atoms with Crippen molar-refractivity contribution in [2.75, 3.05) is 13.6 Å². The first-order valence-electron chi connectivity index (χ1n) is 7.38. The summed E-state index contributed by atoms with van der Waals surface area (Å²) >= 11 is 1.16. The fourth-order valence-electron chi connectivity index (χ4n) is 2.43. The van der Waals surface area contributed by atoms with Crippen molar-refractivity contribution in [3.05, 3.63) is 57.4 Å². The molecule has 0 amide bonds. The summed E-state index contributed by atoms with van der Waals surface area (Å²) in [6.45, 7) is 2.38. The van der Waals surface area contributed by atoms with Crippen LogP contribution in [0.2, 0.25) is 0 Å². The van der Waals surface area contributed by atoms with E-state index < -0.39 is 5.97 Å². The van der Waals surface area contributed by atoms with Crippen LogP contribution in [0, 0.1) is 12.7 Å². The van der Waals surface area contributed by atoms with Gasteiger partial charge in [0, 0.05) is 19.8 Å². The van der Waals surface area contributed by atoms with Crippen LogP contribution in [0.15, 0.2) is 30.5 Å². The molecule has 2 heterocycles. The van der Waals surface area contributed by atoms with Crippen LogP contribution in [-0.2, 0) is 6.42 Å². The van der Waals surface area contributed by atoms with E-state index in [1.54, 1.807) is 24.1 Å². The minimum Gasteiger partial charge on any atom is -0.477 e. The van der Waals surface area contributed by atoms with Gasteiger partial charge in [-0.05, 0) is 31.0 Å². The number of carboxylic acids is 1. The minimum absolute atomic E-state index is 0.242. The molecule has 0 atom stereocenters. The number of hydrogen-bond acceptors (Lipinski definition) is 6. The van der Waals surface area contributed by atoms with Crippen molar-refractivity contribution in [1.29, 1.82) is 0 Å². The van der Waals surface area contributed by atoms with Gasteiger partial charge in [0.25, 0.3) is 0 Å². The van der Waals surface area contributed by atoms with E-state index in [9.17, 15) is 9.18 Å². The largest absolute Gasteiger partial charge is 0.477 e. The third-order valence-corrected chi connectivity index (χ3v) is 4.85. The molecule has 2 N–H and O–H groups in total. The summed E-state index contributed by atoms with van der Waals surface area (Å²) in [5.74, 6) is -1.20. The van der Waals surface area contributed by atoms with Crippen LogP contribution >= 0.6 is 11.3 Å². The molecule has 2 aromatic rings. The molecule has 24 heavy (non-hydrogen) atoms. The third-order valence-electron chi connectivity index (χ3n) is 3.68. The zero-order valence-corrected chi connectivity index (χ0v) is 14.1. The third kappa shape index (κ3) is 3.39. The van der Waals surface area contributed by atoms with Crippen molar-refractivity contribution in [3.63, 3.8) is 0 Å². The smallest absolute Gasteiger partial charge is 0.347 e. The molecule has 1 aliphatic heterocycles. The van der Waals surface area contributed by atoms with Crippen molar-refractivity contribution in [2.45, 2.75) is 13.3 Å². The highest BCUT2D eigenvalue weighted by Gasteiger charge is 2.23. The molecule has 6 nitrogen and oxygen atoms in total. The predicted octanol–water partition coefficient (Wildman–Crippen LogP) is 2.50. The standard InChI is InChI=1S/C16H17FN4O2S/c1-10-14(16(22)23)24-15(18-10)13-9-21(19-20(13)2)8-7-11-3-5-12(17)6-4-11/h3-6,9,19H,7-8H2,1-2H3,(H,22,23). The van der Waals surface area contributed by atoms with Gasteiger partial charge in [-0.2, -0.15) is 0 Å². The number of halogens is 1. The molecule has 126 valence electrons. The van der Waals surface area contributed by atoms with Gasteiger partial charge in [-0.15, -0.1) is 16.9 Å². The number of benzene rings is 1. The number of carboxylic acid groups (broad SMARTS) is 1. The number of thiazole rings is 1. The molecular weight excluding hydrogens is 331 g/mol. The van der Waals surface area contributed by atoms with Crippen LogP contribution < -0.4 is 5.53 Å². The lowest BCUT2D eigenvalue weighted by atomic mass is 10.1. The molecule has 0 radical (unpaired) electrons. The Bertz CT molecular complexity index is 788. The molecule has 0 unspecified atom stereocenters. The van der Waals surface area contributed by atoms with Crippen LogP contribution in [0.1, 0.15) is 25.9 Å². The summed E-state index contributed by atoms with van der Waals surface area (Å²) in [4.78, 5) is 15.8. The van der Waals surface area contributed by atoms with Crippen molar-refractivity contribution in [3.8, 4) is 0 Å². The molecule has 1 aromatic carbocycles. The Kier molecular flexibility index (Phi) is 4.50. The zero-order valence-electron chi connectivity index (χ0n) is 13.3. The Morgan fingerprint density at radius 2 is 2.08 bits per heavy atom. The molecule has 3 rings (SSSR count). The number of aryl methyl sites for hydroxylation is 1. The topological polar surface area (TPSA) is 68.7 Å². The highest BCUT2D eigenvalue weighted by molar-refractivity contribution is 7.14. The van der Waals surface area contributed by atoms with E-state index in [0.29, 0.717) is 17.2 Å². The van der Waals surface area contributed by atoms with Crippen LogP contribution in [0.4, 0.5) is 4.39 Å². The van der Waals surface area contributed by atoms with Gasteiger partial charge in [-0.3, -0.25) is 10.0 Å². The Labute approximate surface area is 142 Å². The second-order valence-electron chi connectivity index (χ2n) is 5.48. The monoisotopic (exact) mass is 348 g/mol. The Morgan fingerprint density at radius 1 is 1.38 bits per heavy atom. The summed E-state index contributed by atoms with van der Waals surface area (Å²) in [6.07, 6.45) is 2.65. The summed E-state index contributed by atoms with van der Waals surface area (Å²) in [6, 6.07) is 6.43. The molecule has 1 aliphatic rings. The van der Waals surface area contributed by atoms with Crippen molar-refractivity contribution >= 4 is 23.0 Å². The molecule has 0 spiro atoms. The number of aromatic carboxylic acids is 1. The number of hydrogen-bond donors (Lipinski definition) is 2. The summed E-state index contributed by atoms with van der Waals surface area (Å²) in [7, 11) is 1.85. The highest BCUT2D eigenvalue weighted by Crippen LogP contribution is 2.28. The number of nitrogens with one attached hydrogen (secondary N) is 1. The summed E-state index contributed by atoms with van der Waals surface area (Å²) in [5.41, 5.74) is 5.53. The lowest BCUT2D eigenvalue weighted by Gasteiger charge is -2.20. The lowest BCUT2D eigenvalue weighted by molar-refractivity contribution is 0.0701. The maximum Gasteiger partial charge on any atom is 0.347 e. The zero-order chi connectivity index (χ0) is 17.3. The summed E-state index contributed by atoms with van der Waals surface area (Å²) in [5, 5.41) is 13.5. The van der Waals surface area contributed by atoms with E-state index in [4.69, 9.17) is 5.11 Å².